The minimum atomic E-state index is -4.05. The fraction of sp³-hybridized carbons (Fsp3) is 0.375. The number of carbonyl (C=O) groups excluding carboxylic acids is 1. The second-order valence-corrected chi connectivity index (χ2v) is 13.8. The van der Waals surface area contributed by atoms with Gasteiger partial charge in [-0.05, 0) is 30.3 Å². The number of methoxy groups -OCH3 is 1. The van der Waals surface area contributed by atoms with Crippen molar-refractivity contribution in [2.75, 3.05) is 33.1 Å². The lowest BCUT2D eigenvalue weighted by molar-refractivity contribution is -0.136. The lowest BCUT2D eigenvalue weighted by Gasteiger charge is -2.35. The molecule has 1 atom stereocenters. The van der Waals surface area contributed by atoms with Crippen molar-refractivity contribution in [3.63, 3.8) is 0 Å². The van der Waals surface area contributed by atoms with Crippen molar-refractivity contribution in [2.24, 2.45) is 0 Å². The Bertz CT molecular complexity index is 1390. The fourth-order valence-electron chi connectivity index (χ4n) is 3.92. The molecule has 1 saturated heterocycles. The van der Waals surface area contributed by atoms with Crippen LogP contribution >= 0.6 is 27.5 Å². The van der Waals surface area contributed by atoms with Gasteiger partial charge < -0.3 is 10.1 Å². The van der Waals surface area contributed by atoms with Gasteiger partial charge in [0.25, 0.3) is 5.91 Å². The molecule has 1 heterocycles. The lowest BCUT2D eigenvalue weighted by atomic mass is 9.93. The van der Waals surface area contributed by atoms with E-state index in [1.165, 1.54) is 19.3 Å². The maximum absolute atomic E-state index is 15.6. The summed E-state index contributed by atoms with van der Waals surface area (Å²) >= 11 is 9.71. The van der Waals surface area contributed by atoms with Gasteiger partial charge in [-0.25, -0.2) is 21.2 Å². The Balaban J connectivity index is 1.80. The first kappa shape index (κ1) is 29.7. The minimum Gasteiger partial charge on any atom is -0.382 e. The van der Waals surface area contributed by atoms with Crippen LogP contribution in [0.25, 0.3) is 11.1 Å². The molecule has 1 fully saturated rings. The van der Waals surface area contributed by atoms with Crippen LogP contribution in [0, 0.1) is 0 Å². The smallest absolute Gasteiger partial charge is 0.258 e. The van der Waals surface area contributed by atoms with Crippen LogP contribution in [-0.4, -0.2) is 71.8 Å². The molecule has 0 saturated carbocycles. The number of rotatable bonds is 9. The highest BCUT2D eigenvalue weighted by molar-refractivity contribution is 9.10. The molecule has 0 aromatic heterocycles. The van der Waals surface area contributed by atoms with E-state index in [4.69, 9.17) is 16.3 Å². The number of ether oxygens (including phenoxy) is 1. The van der Waals surface area contributed by atoms with E-state index < -0.39 is 37.5 Å². The zero-order valence-corrected chi connectivity index (χ0v) is 24.1. The Morgan fingerprint density at radius 1 is 1.19 bits per heavy atom. The third-order valence-corrected chi connectivity index (χ3v) is 9.30. The number of nitrogens with one attached hydrogen (secondary N) is 1. The van der Waals surface area contributed by atoms with Crippen LogP contribution in [0.4, 0.5) is 4.39 Å². The quantitative estimate of drug-likeness (QED) is 0.446. The van der Waals surface area contributed by atoms with Gasteiger partial charge in [0, 0.05) is 65.3 Å². The first-order valence-electron chi connectivity index (χ1n) is 11.2. The molecular formula is C24H27BrClFN2O6S2. The second kappa shape index (κ2) is 11.9. The standard InChI is InChI=1S/C24H27BrClFN2O6S2/c1-35-16-18(9-14-36(2,31)32)28-23(30)24(27)10-12-29(13-11-24)37(33,34)22-8-7-17(25)15-20(22)19-5-3-4-6-21(19)26/h3-9,14-15,18H,10-13,16H2,1-2H3,(H,28,30)/b14-9-/t18-/m0/s1. The largest absolute Gasteiger partial charge is 0.382 e. The number of sulfone groups is 1. The number of hydrogen-bond donors (Lipinski definition) is 1. The average molecular weight is 638 g/mol. The molecule has 37 heavy (non-hydrogen) atoms. The predicted octanol–water partition coefficient (Wildman–Crippen LogP) is 3.95. The molecule has 1 aliphatic rings. The molecule has 0 aliphatic carbocycles. The van der Waals surface area contributed by atoms with Crippen molar-refractivity contribution in [1.82, 2.24) is 9.62 Å². The van der Waals surface area contributed by atoms with Crippen molar-refractivity contribution in [1.29, 1.82) is 0 Å². The van der Waals surface area contributed by atoms with E-state index in [1.807, 2.05) is 0 Å². The molecule has 0 bridgehead atoms. The highest BCUT2D eigenvalue weighted by Gasteiger charge is 2.45. The summed E-state index contributed by atoms with van der Waals surface area (Å²) in [5, 5.41) is 3.74. The highest BCUT2D eigenvalue weighted by atomic mass is 79.9. The molecule has 0 unspecified atom stereocenters. The van der Waals surface area contributed by atoms with Gasteiger partial charge in [-0.3, -0.25) is 4.79 Å². The number of piperidine rings is 1. The molecule has 8 nitrogen and oxygen atoms in total. The van der Waals surface area contributed by atoms with Crippen LogP contribution in [0.15, 0.2) is 63.3 Å². The number of nitrogens with zero attached hydrogens (tertiary/aromatic N) is 1. The zero-order chi connectivity index (χ0) is 27.4. The molecule has 13 heteroatoms. The van der Waals surface area contributed by atoms with Crippen molar-refractivity contribution in [2.45, 2.75) is 29.4 Å². The Kier molecular flexibility index (Phi) is 9.57. The average Bonchev–Trinajstić information content (AvgIpc) is 2.82. The highest BCUT2D eigenvalue weighted by Crippen LogP contribution is 2.37. The summed E-state index contributed by atoms with van der Waals surface area (Å²) in [6, 6.07) is 10.7. The summed E-state index contributed by atoms with van der Waals surface area (Å²) in [5.74, 6) is -0.954. The molecule has 2 aromatic rings. The van der Waals surface area contributed by atoms with E-state index in [1.54, 1.807) is 36.4 Å². The van der Waals surface area contributed by atoms with E-state index in [-0.39, 0.29) is 37.4 Å². The maximum atomic E-state index is 15.6. The van der Waals surface area contributed by atoms with Gasteiger partial charge in [-0.15, -0.1) is 0 Å². The molecule has 0 radical (unpaired) electrons. The molecular weight excluding hydrogens is 611 g/mol. The van der Waals surface area contributed by atoms with Gasteiger partial charge in [0.1, 0.15) is 0 Å². The fourth-order valence-corrected chi connectivity index (χ4v) is 6.63. The van der Waals surface area contributed by atoms with Gasteiger partial charge in [0.2, 0.25) is 10.0 Å². The normalized spacial score (nSPS) is 17.5. The summed E-state index contributed by atoms with van der Waals surface area (Å²) in [5.41, 5.74) is -1.40. The van der Waals surface area contributed by atoms with Crippen molar-refractivity contribution in [3.05, 3.63) is 63.4 Å². The van der Waals surface area contributed by atoms with Crippen LogP contribution in [0.5, 0.6) is 0 Å². The number of hydrogen-bond acceptors (Lipinski definition) is 6. The molecule has 3 rings (SSSR count). The van der Waals surface area contributed by atoms with E-state index in [0.29, 0.717) is 20.6 Å². The van der Waals surface area contributed by atoms with Gasteiger partial charge in [0.15, 0.2) is 15.5 Å². The van der Waals surface area contributed by atoms with Crippen LogP contribution < -0.4 is 5.32 Å². The summed E-state index contributed by atoms with van der Waals surface area (Å²) in [4.78, 5) is 12.8. The van der Waals surface area contributed by atoms with Crippen LogP contribution in [0.3, 0.4) is 0 Å². The molecule has 1 aliphatic heterocycles. The van der Waals surface area contributed by atoms with Crippen LogP contribution in [0.1, 0.15) is 12.8 Å². The Labute approximate surface area is 229 Å². The summed E-state index contributed by atoms with van der Waals surface area (Å²) in [7, 11) is -6.15. The monoisotopic (exact) mass is 636 g/mol. The molecule has 0 spiro atoms. The zero-order valence-electron chi connectivity index (χ0n) is 20.2. The van der Waals surface area contributed by atoms with Gasteiger partial charge in [-0.1, -0.05) is 45.7 Å². The summed E-state index contributed by atoms with van der Waals surface area (Å²) < 4.78 is 72.4. The maximum Gasteiger partial charge on any atom is 0.258 e. The van der Waals surface area contributed by atoms with E-state index in [0.717, 1.165) is 16.0 Å². The number of sulfonamides is 1. The number of benzene rings is 2. The topological polar surface area (TPSA) is 110 Å². The number of halogens is 3. The molecule has 1 amide bonds. The molecule has 2 aromatic carbocycles. The van der Waals surface area contributed by atoms with Gasteiger partial charge in [-0.2, -0.15) is 4.31 Å². The number of alkyl halides is 1. The Hall–Kier alpha value is -1.83. The van der Waals surface area contributed by atoms with Crippen molar-refractivity contribution >= 4 is 53.3 Å². The van der Waals surface area contributed by atoms with E-state index >= 15 is 4.39 Å². The van der Waals surface area contributed by atoms with Crippen LogP contribution in [-0.2, 0) is 29.4 Å². The van der Waals surface area contributed by atoms with E-state index in [2.05, 4.69) is 21.2 Å². The van der Waals surface area contributed by atoms with Crippen LogP contribution in [0.2, 0.25) is 5.02 Å². The molecule has 1 N–H and O–H groups in total. The predicted molar refractivity (Wildman–Crippen MR) is 144 cm³/mol. The lowest BCUT2D eigenvalue weighted by Crippen LogP contribution is -2.54. The minimum absolute atomic E-state index is 0.0191. The third kappa shape index (κ3) is 7.39. The Morgan fingerprint density at radius 2 is 1.84 bits per heavy atom. The Morgan fingerprint density at radius 3 is 2.43 bits per heavy atom. The first-order chi connectivity index (χ1) is 17.3. The van der Waals surface area contributed by atoms with Gasteiger partial charge >= 0.3 is 0 Å². The number of amides is 1. The van der Waals surface area contributed by atoms with Crippen molar-refractivity contribution in [3.8, 4) is 11.1 Å². The van der Waals surface area contributed by atoms with Crippen molar-refractivity contribution < 1.29 is 30.8 Å². The van der Waals surface area contributed by atoms with E-state index in [9.17, 15) is 21.6 Å². The molecule has 202 valence electrons. The number of carbonyl (C=O) groups is 1. The second-order valence-electron chi connectivity index (χ2n) is 8.68. The van der Waals surface area contributed by atoms with Gasteiger partial charge in [0.05, 0.1) is 17.5 Å². The SMILES string of the molecule is COC[C@H](/C=C\S(C)(=O)=O)NC(=O)C1(F)CCN(S(=O)(=O)c2ccc(Br)cc2-c2ccccc2Cl)CC1. The summed E-state index contributed by atoms with van der Waals surface area (Å²) in [6.45, 7) is -0.514. The first-order valence-corrected chi connectivity index (χ1v) is 15.7. The summed E-state index contributed by atoms with van der Waals surface area (Å²) in [6.07, 6.45) is 1.46. The third-order valence-electron chi connectivity index (χ3n) is 5.87.